The van der Waals surface area contributed by atoms with E-state index in [0.717, 1.165) is 45.0 Å². The summed E-state index contributed by atoms with van der Waals surface area (Å²) in [7, 11) is -8.62. The highest BCUT2D eigenvalue weighted by molar-refractivity contribution is 7.20. The Morgan fingerprint density at radius 3 is 1.63 bits per heavy atom. The van der Waals surface area contributed by atoms with Gasteiger partial charge in [-0.2, -0.15) is 0 Å². The lowest BCUT2D eigenvalue weighted by molar-refractivity contribution is 0.453. The van der Waals surface area contributed by atoms with Crippen molar-refractivity contribution in [3.05, 3.63) is 236 Å². The zero-order valence-corrected chi connectivity index (χ0v) is 41.0. The highest BCUT2D eigenvalue weighted by Crippen LogP contribution is 2.56. The van der Waals surface area contributed by atoms with Crippen LogP contribution in [0, 0.1) is 0 Å². The van der Waals surface area contributed by atoms with Gasteiger partial charge in [-0.05, 0) is 87.5 Å². The maximum absolute atomic E-state index is 7.68. The lowest BCUT2D eigenvalue weighted by Gasteiger charge is -2.58. The van der Waals surface area contributed by atoms with Crippen molar-refractivity contribution >= 4 is 83.2 Å². The van der Waals surface area contributed by atoms with Gasteiger partial charge in [0.2, 0.25) is 5.78 Å². The molecule has 0 radical (unpaired) electrons. The monoisotopic (exact) mass is 915 g/mol. The molecule has 1 aliphatic rings. The Bertz CT molecular complexity index is 3540. The zero-order chi connectivity index (χ0) is 45.4. The quantitative estimate of drug-likeness (QED) is 0.107. The number of benzene rings is 7. The van der Waals surface area contributed by atoms with Crippen LogP contribution in [0.15, 0.2) is 225 Å². The first-order chi connectivity index (χ1) is 32.8. The molecule has 1 aliphatic heterocycles. The van der Waals surface area contributed by atoms with Crippen molar-refractivity contribution in [1.82, 2.24) is 23.9 Å². The third-order valence-corrected chi connectivity index (χ3v) is 32.0. The fourth-order valence-corrected chi connectivity index (χ4v) is 30.6. The number of para-hydroxylation sites is 6. The normalized spacial score (nSPS) is 13.6. The summed E-state index contributed by atoms with van der Waals surface area (Å²) in [5, 5.41) is 7.78. The lowest BCUT2D eigenvalue weighted by Crippen LogP contribution is -2.77. The number of hydrogen-bond donors (Lipinski definition) is 0. The molecule has 0 saturated heterocycles. The average Bonchev–Trinajstić information content (AvgIpc) is 3.92. The molecule has 0 amide bonds. The van der Waals surface area contributed by atoms with E-state index in [-0.39, 0.29) is 0 Å². The molecular formula is C58H49N5OSi3. The van der Waals surface area contributed by atoms with Crippen molar-refractivity contribution in [2.24, 2.45) is 0 Å². The van der Waals surface area contributed by atoms with Crippen molar-refractivity contribution in [3.8, 4) is 17.2 Å². The predicted octanol–water partition coefficient (Wildman–Crippen LogP) is 9.30. The summed E-state index contributed by atoms with van der Waals surface area (Å²) in [6.07, 6.45) is 7.91. The van der Waals surface area contributed by atoms with Crippen molar-refractivity contribution in [1.29, 1.82) is 0 Å². The number of aromatic nitrogens is 5. The number of hydrogen-bond acceptors (Lipinski definition) is 4. The molecule has 4 aromatic heterocycles. The van der Waals surface area contributed by atoms with Crippen LogP contribution in [0.5, 0.6) is 11.5 Å². The number of nitrogens with zero attached hydrogens (tertiary/aromatic N) is 5. The van der Waals surface area contributed by atoms with E-state index in [1.807, 2.05) is 24.8 Å². The van der Waals surface area contributed by atoms with Crippen LogP contribution in [0.25, 0.3) is 33.5 Å². The van der Waals surface area contributed by atoms with Gasteiger partial charge >= 0.3 is 0 Å². The first-order valence-electron chi connectivity index (χ1n) is 23.1. The van der Waals surface area contributed by atoms with Gasteiger partial charge in [-0.25, -0.2) is 4.98 Å². The number of fused-ring (bicyclic) bond motifs is 7. The molecule has 12 rings (SSSR count). The van der Waals surface area contributed by atoms with Crippen LogP contribution in [0.4, 0.5) is 0 Å². The molecule has 0 N–H and O–H groups in total. The van der Waals surface area contributed by atoms with E-state index in [4.69, 9.17) is 9.72 Å². The second-order valence-electron chi connectivity index (χ2n) is 18.8. The Labute approximate surface area is 393 Å². The molecule has 0 aliphatic carbocycles. The van der Waals surface area contributed by atoms with Crippen LogP contribution in [0.2, 0.25) is 26.2 Å². The molecule has 0 bridgehead atoms. The maximum Gasteiger partial charge on any atom is 0.220 e. The first kappa shape index (κ1) is 41.0. The van der Waals surface area contributed by atoms with E-state index >= 15 is 0 Å². The number of pyridine rings is 2. The third-order valence-electron chi connectivity index (χ3n) is 15.1. The van der Waals surface area contributed by atoms with Crippen LogP contribution in [-0.4, -0.2) is 48.1 Å². The molecule has 5 heterocycles. The van der Waals surface area contributed by atoms with Crippen molar-refractivity contribution < 1.29 is 4.74 Å². The molecular weight excluding hydrogens is 867 g/mol. The van der Waals surface area contributed by atoms with Gasteiger partial charge in [-0.1, -0.05) is 170 Å². The number of rotatable bonds is 9. The number of ether oxygens (including phenoxy) is 1. The van der Waals surface area contributed by atoms with Crippen LogP contribution in [0.3, 0.4) is 0 Å². The van der Waals surface area contributed by atoms with Crippen molar-refractivity contribution in [3.63, 3.8) is 0 Å². The largest absolute Gasteiger partial charge is 0.457 e. The highest BCUT2D eigenvalue weighted by Gasteiger charge is 2.64. The van der Waals surface area contributed by atoms with Gasteiger partial charge in [-0.15, -0.1) is 0 Å². The summed E-state index contributed by atoms with van der Waals surface area (Å²) in [4.78, 5) is 14.4. The van der Waals surface area contributed by atoms with Crippen LogP contribution in [0.1, 0.15) is 11.1 Å². The van der Waals surface area contributed by atoms with E-state index in [1.54, 1.807) is 0 Å². The summed E-state index contributed by atoms with van der Waals surface area (Å²) in [5.74, 6) is 2.79. The summed E-state index contributed by atoms with van der Waals surface area (Å²) in [6.45, 7) is 10.3. The maximum atomic E-state index is 7.68. The second kappa shape index (κ2) is 15.6. The SMILES string of the molecule is C[Si](C)(c1ccncc1)C1([Si](C)(C)c2ccncc2)c2ccccc2Oc2c1cccc2[Si](c1ccccc1)(c1ccccc1)c1cccc(-n2c3ccccc3n3c4ccccc4nc23)c1. The van der Waals surface area contributed by atoms with Crippen molar-refractivity contribution in [2.45, 2.75) is 30.8 Å². The minimum absolute atomic E-state index is 0.420. The molecule has 6 nitrogen and oxygen atoms in total. The average molecular weight is 916 g/mol. The highest BCUT2D eigenvalue weighted by atomic mass is 28.4. The van der Waals surface area contributed by atoms with Crippen LogP contribution >= 0.6 is 0 Å². The van der Waals surface area contributed by atoms with E-state index in [1.165, 1.54) is 42.2 Å². The molecule has 324 valence electrons. The topological polar surface area (TPSA) is 57.2 Å². The van der Waals surface area contributed by atoms with E-state index in [2.05, 4.69) is 245 Å². The molecule has 11 aromatic rings. The molecule has 0 fully saturated rings. The van der Waals surface area contributed by atoms with E-state index in [9.17, 15) is 0 Å². The summed E-state index contributed by atoms with van der Waals surface area (Å²) >= 11 is 0. The summed E-state index contributed by atoms with van der Waals surface area (Å²) in [6, 6.07) is 74.1. The minimum atomic E-state index is -3.31. The Kier molecular flexibility index (Phi) is 9.55. The molecule has 7 aromatic carbocycles. The molecule has 0 spiro atoms. The molecule has 0 atom stereocenters. The fraction of sp³-hybridized carbons (Fsp3) is 0.0862. The molecule has 0 saturated carbocycles. The van der Waals surface area contributed by atoms with Gasteiger partial charge in [0.25, 0.3) is 0 Å². The Morgan fingerprint density at radius 1 is 0.448 bits per heavy atom. The standard InChI is InChI=1S/C58H49N5OSi3/c1-65(2,43-33-37-59-38-34-43)58(66(3,4)44-35-39-60-40-36-44)48-25-11-16-31-54(48)64-56-49(58)26-18-32-55(56)67(45-20-7-5-8-21-45,46-22-9-6-10-23-46)47-24-17-19-42(41-47)62-52-29-14-15-30-53(52)63-51-28-13-12-27-50(51)61-57(62)63/h5-41H,1-4H3. The van der Waals surface area contributed by atoms with Crippen LogP contribution < -0.4 is 35.9 Å². The Balaban J connectivity index is 1.22. The van der Waals surface area contributed by atoms with E-state index < -0.39 is 28.9 Å². The fourth-order valence-electron chi connectivity index (χ4n) is 12.3. The number of imidazole rings is 2. The van der Waals surface area contributed by atoms with Gasteiger partial charge in [0.1, 0.15) is 11.5 Å². The predicted molar refractivity (Wildman–Crippen MR) is 283 cm³/mol. The summed E-state index contributed by atoms with van der Waals surface area (Å²) < 4.78 is 11.9. The molecule has 0 unspecified atom stereocenters. The van der Waals surface area contributed by atoms with Crippen molar-refractivity contribution in [2.75, 3.05) is 0 Å². The smallest absolute Gasteiger partial charge is 0.220 e. The Morgan fingerprint density at radius 2 is 0.970 bits per heavy atom. The molecule has 9 heteroatoms. The van der Waals surface area contributed by atoms with Crippen LogP contribution in [-0.2, 0) is 4.66 Å². The van der Waals surface area contributed by atoms with Gasteiger partial charge in [0.05, 0.1) is 38.2 Å². The lowest BCUT2D eigenvalue weighted by atomic mass is 9.98. The van der Waals surface area contributed by atoms with Gasteiger partial charge < -0.3 is 4.74 Å². The van der Waals surface area contributed by atoms with Gasteiger partial charge in [0.15, 0.2) is 8.07 Å². The zero-order valence-electron chi connectivity index (χ0n) is 38.0. The Hall–Kier alpha value is -7.44. The summed E-state index contributed by atoms with van der Waals surface area (Å²) in [5.41, 5.74) is 7.89. The van der Waals surface area contributed by atoms with Gasteiger partial charge in [0, 0.05) is 46.3 Å². The minimum Gasteiger partial charge on any atom is -0.457 e. The first-order valence-corrected chi connectivity index (χ1v) is 31.1. The van der Waals surface area contributed by atoms with E-state index in [0.29, 0.717) is 0 Å². The van der Waals surface area contributed by atoms with Gasteiger partial charge in [-0.3, -0.25) is 18.9 Å². The molecule has 67 heavy (non-hydrogen) atoms. The second-order valence-corrected chi connectivity index (χ2v) is 32.3. The third kappa shape index (κ3) is 5.81.